The molecule has 17 heavy (non-hydrogen) atoms. The summed E-state index contributed by atoms with van der Waals surface area (Å²) in [7, 11) is 0. The number of rotatable bonds is 2. The first-order chi connectivity index (χ1) is 7.85. The van der Waals surface area contributed by atoms with Gasteiger partial charge in [-0.3, -0.25) is 9.59 Å². The highest BCUT2D eigenvalue weighted by Crippen LogP contribution is 2.59. The van der Waals surface area contributed by atoms with Crippen molar-refractivity contribution in [3.8, 4) is 0 Å². The maximum atomic E-state index is 12.2. The second-order valence-electron chi connectivity index (χ2n) is 5.78. The predicted octanol–water partition coefficient (Wildman–Crippen LogP) is 0.293. The molecule has 0 aromatic rings. The molecule has 1 amide bonds. The number of carboxylic acids is 1. The average molecular weight is 240 g/mol. The number of nitrogens with zero attached hydrogens (tertiary/aromatic N) is 1. The molecule has 1 saturated heterocycles. The van der Waals surface area contributed by atoms with Crippen LogP contribution in [0.1, 0.15) is 26.7 Å². The molecule has 1 heterocycles. The van der Waals surface area contributed by atoms with Crippen molar-refractivity contribution in [2.24, 2.45) is 23.0 Å². The molecule has 3 N–H and O–H groups in total. The Morgan fingerprint density at radius 1 is 1.24 bits per heavy atom. The summed E-state index contributed by atoms with van der Waals surface area (Å²) in [5.41, 5.74) is 5.39. The number of aliphatic carboxylic acids is 1. The van der Waals surface area contributed by atoms with Crippen LogP contribution in [0.15, 0.2) is 0 Å². The molecule has 2 atom stereocenters. The lowest BCUT2D eigenvalue weighted by atomic mass is 10.0. The lowest BCUT2D eigenvalue weighted by Crippen LogP contribution is -2.44. The van der Waals surface area contributed by atoms with Gasteiger partial charge in [-0.15, -0.1) is 0 Å². The van der Waals surface area contributed by atoms with E-state index >= 15 is 0 Å². The van der Waals surface area contributed by atoms with Crippen LogP contribution in [0.5, 0.6) is 0 Å². The fourth-order valence-corrected chi connectivity index (χ4v) is 2.88. The van der Waals surface area contributed by atoms with E-state index in [1.807, 2.05) is 13.8 Å². The summed E-state index contributed by atoms with van der Waals surface area (Å²) < 4.78 is 0. The quantitative estimate of drug-likeness (QED) is 0.726. The van der Waals surface area contributed by atoms with Gasteiger partial charge in [-0.05, 0) is 18.3 Å². The molecule has 0 spiro atoms. The van der Waals surface area contributed by atoms with E-state index in [0.717, 1.165) is 12.8 Å². The Morgan fingerprint density at radius 3 is 2.18 bits per heavy atom. The molecule has 5 nitrogen and oxygen atoms in total. The van der Waals surface area contributed by atoms with Crippen LogP contribution in [0.25, 0.3) is 0 Å². The Kier molecular flexibility index (Phi) is 2.89. The third kappa shape index (κ3) is 2.04. The van der Waals surface area contributed by atoms with Gasteiger partial charge in [-0.1, -0.05) is 13.8 Å². The number of piperidine rings is 1. The zero-order valence-electron chi connectivity index (χ0n) is 10.3. The van der Waals surface area contributed by atoms with Crippen molar-refractivity contribution in [3.63, 3.8) is 0 Å². The van der Waals surface area contributed by atoms with E-state index in [-0.39, 0.29) is 17.9 Å². The maximum absolute atomic E-state index is 12.2. The smallest absolute Gasteiger partial charge is 0.307 e. The number of hydrogen-bond donors (Lipinski definition) is 2. The van der Waals surface area contributed by atoms with Gasteiger partial charge >= 0.3 is 5.97 Å². The van der Waals surface area contributed by atoms with Crippen molar-refractivity contribution < 1.29 is 14.7 Å². The second kappa shape index (κ2) is 3.98. The van der Waals surface area contributed by atoms with Crippen LogP contribution < -0.4 is 5.73 Å². The zero-order chi connectivity index (χ0) is 12.8. The molecule has 0 radical (unpaired) electrons. The molecule has 2 rings (SSSR count). The van der Waals surface area contributed by atoms with Crippen LogP contribution in [-0.4, -0.2) is 41.0 Å². The van der Waals surface area contributed by atoms with Crippen molar-refractivity contribution in [2.75, 3.05) is 13.1 Å². The molecule has 96 valence electrons. The Labute approximate surface area is 101 Å². The molecule has 1 aliphatic carbocycles. The topological polar surface area (TPSA) is 83.6 Å². The number of carbonyl (C=O) groups excluding carboxylic acids is 1. The Hall–Kier alpha value is -1.10. The minimum absolute atomic E-state index is 0.00528. The van der Waals surface area contributed by atoms with Gasteiger partial charge in [0.15, 0.2) is 0 Å². The van der Waals surface area contributed by atoms with Crippen molar-refractivity contribution in [1.82, 2.24) is 4.90 Å². The van der Waals surface area contributed by atoms with Crippen LogP contribution in [0.3, 0.4) is 0 Å². The van der Waals surface area contributed by atoms with Gasteiger partial charge in [-0.2, -0.15) is 0 Å². The summed E-state index contributed by atoms with van der Waals surface area (Å²) in [6.07, 6.45) is 1.63. The van der Waals surface area contributed by atoms with Gasteiger partial charge in [0, 0.05) is 19.1 Å². The van der Waals surface area contributed by atoms with E-state index < -0.39 is 17.3 Å². The van der Waals surface area contributed by atoms with E-state index in [1.54, 1.807) is 4.90 Å². The van der Waals surface area contributed by atoms with Crippen LogP contribution in [0.4, 0.5) is 0 Å². The van der Waals surface area contributed by atoms with E-state index in [9.17, 15) is 9.59 Å². The Bertz CT molecular complexity index is 346. The Balaban J connectivity index is 2.00. The molecule has 2 fully saturated rings. The van der Waals surface area contributed by atoms with Gasteiger partial charge < -0.3 is 15.7 Å². The van der Waals surface area contributed by atoms with Crippen LogP contribution >= 0.6 is 0 Å². The summed E-state index contributed by atoms with van der Waals surface area (Å²) in [6.45, 7) is 5.03. The molecule has 1 aliphatic heterocycles. The predicted molar refractivity (Wildman–Crippen MR) is 62.2 cm³/mol. The molecule has 0 bridgehead atoms. The normalized spacial score (nSPS) is 32.3. The summed E-state index contributed by atoms with van der Waals surface area (Å²) in [5.74, 6) is -1.74. The number of carbonyl (C=O) groups is 2. The third-order valence-electron chi connectivity index (χ3n) is 4.21. The van der Waals surface area contributed by atoms with E-state index in [0.29, 0.717) is 13.1 Å². The highest BCUT2D eigenvalue weighted by molar-refractivity contribution is 5.91. The van der Waals surface area contributed by atoms with Crippen LogP contribution in [0, 0.1) is 17.3 Å². The van der Waals surface area contributed by atoms with Gasteiger partial charge in [0.05, 0.1) is 11.8 Å². The summed E-state index contributed by atoms with van der Waals surface area (Å²) in [6, 6.07) is 0.182. The molecular formula is C12H20N2O3. The molecule has 1 saturated carbocycles. The number of carboxylic acid groups (broad SMARTS) is 1. The van der Waals surface area contributed by atoms with Crippen molar-refractivity contribution in [1.29, 1.82) is 0 Å². The summed E-state index contributed by atoms with van der Waals surface area (Å²) in [4.78, 5) is 25.0. The molecule has 0 aromatic heterocycles. The van der Waals surface area contributed by atoms with E-state index in [2.05, 4.69) is 0 Å². The highest BCUT2D eigenvalue weighted by Gasteiger charge is 2.66. The lowest BCUT2D eigenvalue weighted by Gasteiger charge is -2.30. The Morgan fingerprint density at radius 2 is 1.76 bits per heavy atom. The number of amides is 1. The molecule has 0 unspecified atom stereocenters. The third-order valence-corrected chi connectivity index (χ3v) is 4.21. The summed E-state index contributed by atoms with van der Waals surface area (Å²) >= 11 is 0. The number of likely N-dealkylation sites (tertiary alicyclic amines) is 1. The first-order valence-corrected chi connectivity index (χ1v) is 6.13. The molecule has 5 heteroatoms. The second-order valence-corrected chi connectivity index (χ2v) is 5.78. The average Bonchev–Trinajstić information content (AvgIpc) is 2.82. The molecular weight excluding hydrogens is 220 g/mol. The number of nitrogens with two attached hydrogens (primary N) is 1. The number of hydrogen-bond acceptors (Lipinski definition) is 3. The molecule has 2 aliphatic rings. The maximum Gasteiger partial charge on any atom is 0.307 e. The van der Waals surface area contributed by atoms with Gasteiger partial charge in [0.1, 0.15) is 0 Å². The van der Waals surface area contributed by atoms with E-state index in [4.69, 9.17) is 10.8 Å². The lowest BCUT2D eigenvalue weighted by molar-refractivity contribution is -0.142. The summed E-state index contributed by atoms with van der Waals surface area (Å²) in [5, 5.41) is 9.06. The standard InChI is InChI=1S/C12H20N2O3/c1-12(2)8(9(12)11(16)17)10(15)14-5-3-7(13)4-6-14/h7-9H,3-6,13H2,1-2H3,(H,16,17)/t8-,9+/m1/s1. The fourth-order valence-electron chi connectivity index (χ4n) is 2.88. The SMILES string of the molecule is CC1(C)[C@H](C(=O)O)[C@@H]1C(=O)N1CCC(N)CC1. The van der Waals surface area contributed by atoms with Gasteiger partial charge in [0.2, 0.25) is 5.91 Å². The molecule has 0 aromatic carbocycles. The largest absolute Gasteiger partial charge is 0.481 e. The van der Waals surface area contributed by atoms with Crippen molar-refractivity contribution in [3.05, 3.63) is 0 Å². The highest BCUT2D eigenvalue weighted by atomic mass is 16.4. The first kappa shape index (κ1) is 12.4. The van der Waals surface area contributed by atoms with E-state index in [1.165, 1.54) is 0 Å². The van der Waals surface area contributed by atoms with Gasteiger partial charge in [0.25, 0.3) is 0 Å². The van der Waals surface area contributed by atoms with Crippen molar-refractivity contribution in [2.45, 2.75) is 32.7 Å². The monoisotopic (exact) mass is 240 g/mol. The zero-order valence-corrected chi connectivity index (χ0v) is 10.3. The first-order valence-electron chi connectivity index (χ1n) is 6.13. The van der Waals surface area contributed by atoms with Crippen molar-refractivity contribution >= 4 is 11.9 Å². The van der Waals surface area contributed by atoms with Crippen LogP contribution in [-0.2, 0) is 9.59 Å². The fraction of sp³-hybridized carbons (Fsp3) is 0.833. The minimum Gasteiger partial charge on any atom is -0.481 e. The van der Waals surface area contributed by atoms with Gasteiger partial charge in [-0.25, -0.2) is 0 Å². The minimum atomic E-state index is -0.859. The van der Waals surface area contributed by atoms with Crippen LogP contribution in [0.2, 0.25) is 0 Å².